The van der Waals surface area contributed by atoms with Gasteiger partial charge in [0.1, 0.15) is 12.3 Å². The number of benzene rings is 1. The number of nitrogens with one attached hydrogen (secondary N) is 1. The number of carbonyl (C=O) groups is 3. The number of amides is 1. The number of carboxylic acids is 1. The summed E-state index contributed by atoms with van der Waals surface area (Å²) < 4.78 is 9.34. The molecule has 0 saturated carbocycles. The van der Waals surface area contributed by atoms with E-state index >= 15 is 0 Å². The number of hydrogen-bond donors (Lipinski definition) is 2. The average molecular weight is 307 g/mol. The Labute approximate surface area is 127 Å². The molecule has 0 fully saturated rings. The Morgan fingerprint density at radius 1 is 1.23 bits per heavy atom. The van der Waals surface area contributed by atoms with Gasteiger partial charge in [-0.25, -0.2) is 9.59 Å². The highest BCUT2D eigenvalue weighted by molar-refractivity contribution is 5.90. The zero-order valence-electron chi connectivity index (χ0n) is 12.1. The molecule has 0 aliphatic rings. The van der Waals surface area contributed by atoms with Gasteiger partial charge in [0.05, 0.1) is 7.11 Å². The largest absolute Gasteiger partial charge is 0.477 e. The normalized spacial score (nSPS) is 10.7. The zero-order valence-corrected chi connectivity index (χ0v) is 12.1. The van der Waals surface area contributed by atoms with Crippen molar-refractivity contribution in [2.75, 3.05) is 7.11 Å². The van der Waals surface area contributed by atoms with Gasteiger partial charge in [-0.05, 0) is 12.0 Å². The lowest BCUT2D eigenvalue weighted by atomic mass is 10.2. The maximum atomic E-state index is 11.6. The van der Waals surface area contributed by atoms with E-state index in [1.807, 2.05) is 6.07 Å². The van der Waals surface area contributed by atoms with Crippen molar-refractivity contribution in [1.82, 2.24) is 5.32 Å². The summed E-state index contributed by atoms with van der Waals surface area (Å²) in [6, 6.07) is 8.98. The van der Waals surface area contributed by atoms with E-state index in [1.165, 1.54) is 13.2 Å². The minimum Gasteiger partial charge on any atom is -0.477 e. The first kappa shape index (κ1) is 17.2. The summed E-state index contributed by atoms with van der Waals surface area (Å²) in [6.07, 6.45) is 0.500. The molecule has 0 saturated heterocycles. The van der Waals surface area contributed by atoms with Crippen LogP contribution in [0.1, 0.15) is 18.4 Å². The first-order chi connectivity index (χ1) is 10.5. The monoisotopic (exact) mass is 307 g/mol. The highest BCUT2D eigenvalue weighted by atomic mass is 16.5. The van der Waals surface area contributed by atoms with Gasteiger partial charge in [-0.15, -0.1) is 0 Å². The molecule has 1 aromatic rings. The zero-order chi connectivity index (χ0) is 16.4. The summed E-state index contributed by atoms with van der Waals surface area (Å²) in [5.41, 5.74) is 0.436. The van der Waals surface area contributed by atoms with Crippen LogP contribution in [0.25, 0.3) is 0 Å². The molecule has 2 N–H and O–H groups in total. The van der Waals surface area contributed by atoms with Crippen molar-refractivity contribution >= 4 is 18.0 Å². The van der Waals surface area contributed by atoms with Gasteiger partial charge >= 0.3 is 18.0 Å². The van der Waals surface area contributed by atoms with Crippen molar-refractivity contribution in [3.05, 3.63) is 47.7 Å². The molecule has 0 heterocycles. The fraction of sp³-hybridized carbons (Fsp3) is 0.267. The third kappa shape index (κ3) is 6.56. The molecule has 1 aromatic carbocycles. The standard InChI is InChI=1S/C15H17NO6/c1-21-13(17)9-5-8-12(14(18)19)16-15(20)22-10-11-6-3-2-4-7-11/h2-4,6-8H,5,9-10H2,1H3,(H,16,20)(H,18,19)/b12-8+. The molecule has 118 valence electrons. The van der Waals surface area contributed by atoms with Crippen LogP contribution in [-0.2, 0) is 25.7 Å². The second kappa shape index (κ2) is 9.17. The number of aliphatic carboxylic acids is 1. The van der Waals surface area contributed by atoms with Gasteiger partial charge in [0.2, 0.25) is 0 Å². The van der Waals surface area contributed by atoms with E-state index in [-0.39, 0.29) is 25.1 Å². The quantitative estimate of drug-likeness (QED) is 0.588. The summed E-state index contributed by atoms with van der Waals surface area (Å²) in [6.45, 7) is 0.0295. The Balaban J connectivity index is 2.48. The van der Waals surface area contributed by atoms with Gasteiger partial charge in [-0.1, -0.05) is 36.4 Å². The minimum atomic E-state index is -1.32. The Morgan fingerprint density at radius 2 is 1.91 bits per heavy atom. The molecule has 7 nitrogen and oxygen atoms in total. The van der Waals surface area contributed by atoms with Crippen molar-refractivity contribution in [3.8, 4) is 0 Å². The van der Waals surface area contributed by atoms with Crippen molar-refractivity contribution in [2.45, 2.75) is 19.4 Å². The van der Waals surface area contributed by atoms with Gasteiger partial charge in [0.15, 0.2) is 0 Å². The van der Waals surface area contributed by atoms with Crippen molar-refractivity contribution in [3.63, 3.8) is 0 Å². The lowest BCUT2D eigenvalue weighted by Crippen LogP contribution is -2.28. The van der Waals surface area contributed by atoms with Crippen LogP contribution in [-0.4, -0.2) is 30.2 Å². The number of methoxy groups -OCH3 is 1. The summed E-state index contributed by atoms with van der Waals surface area (Å²) in [7, 11) is 1.24. The molecule has 1 rings (SSSR count). The lowest BCUT2D eigenvalue weighted by Gasteiger charge is -2.07. The van der Waals surface area contributed by atoms with E-state index in [9.17, 15) is 14.4 Å². The van der Waals surface area contributed by atoms with Crippen LogP contribution < -0.4 is 5.32 Å². The summed E-state index contributed by atoms with van der Waals surface area (Å²) in [5, 5.41) is 11.1. The van der Waals surface area contributed by atoms with Gasteiger partial charge in [0.25, 0.3) is 0 Å². The molecule has 22 heavy (non-hydrogen) atoms. The second-order valence-electron chi connectivity index (χ2n) is 4.22. The Morgan fingerprint density at radius 3 is 2.50 bits per heavy atom. The number of hydrogen-bond acceptors (Lipinski definition) is 5. The predicted molar refractivity (Wildman–Crippen MR) is 76.7 cm³/mol. The molecule has 0 unspecified atom stereocenters. The number of alkyl carbamates (subject to hydrolysis) is 1. The summed E-state index contributed by atoms with van der Waals surface area (Å²) in [4.78, 5) is 33.5. The van der Waals surface area contributed by atoms with Gasteiger partial charge < -0.3 is 14.6 Å². The van der Waals surface area contributed by atoms with Gasteiger partial charge in [-0.2, -0.15) is 0 Å². The smallest absolute Gasteiger partial charge is 0.412 e. The third-order valence-electron chi connectivity index (χ3n) is 2.60. The molecule has 7 heteroatoms. The topological polar surface area (TPSA) is 102 Å². The van der Waals surface area contributed by atoms with Crippen molar-refractivity contribution < 1.29 is 29.0 Å². The van der Waals surface area contributed by atoms with E-state index < -0.39 is 18.0 Å². The van der Waals surface area contributed by atoms with Crippen molar-refractivity contribution in [1.29, 1.82) is 0 Å². The molecule has 0 aliphatic carbocycles. The van der Waals surface area contributed by atoms with Crippen LogP contribution >= 0.6 is 0 Å². The van der Waals surface area contributed by atoms with Crippen LogP contribution in [0.2, 0.25) is 0 Å². The number of allylic oxidation sites excluding steroid dienone is 1. The molecular formula is C15H17NO6. The molecule has 0 atom stereocenters. The first-order valence-electron chi connectivity index (χ1n) is 6.51. The van der Waals surface area contributed by atoms with Crippen LogP contribution in [0.3, 0.4) is 0 Å². The van der Waals surface area contributed by atoms with Crippen LogP contribution in [0, 0.1) is 0 Å². The maximum Gasteiger partial charge on any atom is 0.412 e. The molecule has 0 bridgehead atoms. The highest BCUT2D eigenvalue weighted by Crippen LogP contribution is 2.02. The molecule has 1 amide bonds. The Hall–Kier alpha value is -2.83. The van der Waals surface area contributed by atoms with E-state index in [4.69, 9.17) is 9.84 Å². The number of esters is 1. The molecular weight excluding hydrogens is 290 g/mol. The molecule has 0 radical (unpaired) electrons. The predicted octanol–water partition coefficient (Wildman–Crippen LogP) is 1.83. The van der Waals surface area contributed by atoms with E-state index in [1.54, 1.807) is 24.3 Å². The average Bonchev–Trinajstić information content (AvgIpc) is 2.52. The minimum absolute atomic E-state index is 0.0218. The summed E-state index contributed by atoms with van der Waals surface area (Å²) >= 11 is 0. The van der Waals surface area contributed by atoms with Crippen LogP contribution in [0.4, 0.5) is 4.79 Å². The van der Waals surface area contributed by atoms with Gasteiger partial charge in [0, 0.05) is 6.42 Å². The highest BCUT2D eigenvalue weighted by Gasteiger charge is 2.12. The Bertz CT molecular complexity index is 552. The Kier molecular flexibility index (Phi) is 7.18. The molecule has 0 aliphatic heterocycles. The van der Waals surface area contributed by atoms with Crippen LogP contribution in [0.5, 0.6) is 0 Å². The summed E-state index contributed by atoms with van der Waals surface area (Å²) in [5.74, 6) is -1.78. The van der Waals surface area contributed by atoms with Crippen LogP contribution in [0.15, 0.2) is 42.1 Å². The number of carboxylic acid groups (broad SMARTS) is 1. The van der Waals surface area contributed by atoms with Crippen molar-refractivity contribution in [2.24, 2.45) is 0 Å². The molecule has 0 spiro atoms. The van der Waals surface area contributed by atoms with E-state index in [2.05, 4.69) is 10.1 Å². The SMILES string of the molecule is COC(=O)CC/C=C(/NC(=O)OCc1ccccc1)C(=O)O. The first-order valence-corrected chi connectivity index (χ1v) is 6.51. The maximum absolute atomic E-state index is 11.6. The second-order valence-corrected chi connectivity index (χ2v) is 4.22. The van der Waals surface area contributed by atoms with E-state index in [0.717, 1.165) is 5.56 Å². The fourth-order valence-electron chi connectivity index (χ4n) is 1.50. The number of rotatable bonds is 7. The third-order valence-corrected chi connectivity index (χ3v) is 2.60. The lowest BCUT2D eigenvalue weighted by molar-refractivity contribution is -0.140. The number of carbonyl (C=O) groups excluding carboxylic acids is 2. The number of ether oxygens (including phenoxy) is 2. The molecule has 0 aromatic heterocycles. The van der Waals surface area contributed by atoms with Gasteiger partial charge in [-0.3, -0.25) is 10.1 Å². The fourth-order valence-corrected chi connectivity index (χ4v) is 1.50. The van der Waals surface area contributed by atoms with E-state index in [0.29, 0.717) is 0 Å².